The molecule has 6 heteroatoms. The van der Waals surface area contributed by atoms with E-state index >= 15 is 0 Å². The quantitative estimate of drug-likeness (QED) is 0.889. The van der Waals surface area contributed by atoms with Gasteiger partial charge in [0.25, 0.3) is 5.91 Å². The second-order valence-corrected chi connectivity index (χ2v) is 5.23. The van der Waals surface area contributed by atoms with Crippen molar-refractivity contribution in [2.45, 2.75) is 19.9 Å². The SMILES string of the molecule is Cc1ccc(OCC(=O)N2CCc3c(N)n[nH]c3C2)cc1. The van der Waals surface area contributed by atoms with Crippen LogP contribution in [-0.4, -0.2) is 34.2 Å². The number of carbonyl (C=O) groups excluding carboxylic acids is 1. The van der Waals surface area contributed by atoms with Gasteiger partial charge in [0.1, 0.15) is 11.6 Å². The Bertz CT molecular complexity index is 648. The lowest BCUT2D eigenvalue weighted by molar-refractivity contribution is -0.134. The Balaban J connectivity index is 1.58. The van der Waals surface area contributed by atoms with E-state index in [1.54, 1.807) is 4.90 Å². The molecule has 1 aromatic carbocycles. The molecule has 1 aliphatic rings. The normalized spacial score (nSPS) is 13.9. The van der Waals surface area contributed by atoms with Gasteiger partial charge in [0.15, 0.2) is 6.61 Å². The lowest BCUT2D eigenvalue weighted by Crippen LogP contribution is -2.38. The van der Waals surface area contributed by atoms with E-state index in [2.05, 4.69) is 10.2 Å². The number of nitrogens with two attached hydrogens (primary N) is 1. The number of ether oxygens (including phenoxy) is 1. The minimum atomic E-state index is -0.0330. The Morgan fingerprint density at radius 2 is 2.19 bits per heavy atom. The highest BCUT2D eigenvalue weighted by atomic mass is 16.5. The second kappa shape index (κ2) is 5.47. The van der Waals surface area contributed by atoms with Gasteiger partial charge in [-0.15, -0.1) is 0 Å². The summed E-state index contributed by atoms with van der Waals surface area (Å²) in [6.07, 6.45) is 0.730. The Hall–Kier alpha value is -2.50. The van der Waals surface area contributed by atoms with Crippen LogP contribution < -0.4 is 10.5 Å². The average molecular weight is 286 g/mol. The van der Waals surface area contributed by atoms with Crippen molar-refractivity contribution in [3.8, 4) is 5.75 Å². The summed E-state index contributed by atoms with van der Waals surface area (Å²) in [6.45, 7) is 3.21. The number of anilines is 1. The van der Waals surface area contributed by atoms with Crippen molar-refractivity contribution in [1.82, 2.24) is 15.1 Å². The minimum absolute atomic E-state index is 0.0330. The number of nitrogens with one attached hydrogen (secondary N) is 1. The lowest BCUT2D eigenvalue weighted by atomic mass is 10.1. The number of amides is 1. The number of benzene rings is 1. The summed E-state index contributed by atoms with van der Waals surface area (Å²) >= 11 is 0. The number of nitrogen functional groups attached to an aromatic ring is 1. The smallest absolute Gasteiger partial charge is 0.260 e. The van der Waals surface area contributed by atoms with Gasteiger partial charge in [0.2, 0.25) is 0 Å². The molecule has 1 aliphatic heterocycles. The molecule has 0 bridgehead atoms. The van der Waals surface area contributed by atoms with Crippen LogP contribution in [0.15, 0.2) is 24.3 Å². The third kappa shape index (κ3) is 2.84. The first-order valence-electron chi connectivity index (χ1n) is 6.92. The van der Waals surface area contributed by atoms with E-state index in [1.165, 1.54) is 0 Å². The number of carbonyl (C=O) groups is 1. The van der Waals surface area contributed by atoms with Crippen molar-refractivity contribution in [2.24, 2.45) is 0 Å². The van der Waals surface area contributed by atoms with Crippen LogP contribution in [0.5, 0.6) is 5.75 Å². The zero-order chi connectivity index (χ0) is 14.8. The molecule has 0 unspecified atom stereocenters. The number of H-pyrrole nitrogens is 1. The molecule has 0 radical (unpaired) electrons. The first kappa shape index (κ1) is 13.5. The molecule has 21 heavy (non-hydrogen) atoms. The van der Waals surface area contributed by atoms with Gasteiger partial charge in [-0.05, 0) is 25.5 Å². The molecule has 0 atom stereocenters. The van der Waals surface area contributed by atoms with E-state index in [0.717, 1.165) is 23.2 Å². The van der Waals surface area contributed by atoms with Crippen LogP contribution in [0.2, 0.25) is 0 Å². The monoisotopic (exact) mass is 286 g/mol. The summed E-state index contributed by atoms with van der Waals surface area (Å²) in [5.74, 6) is 1.21. The zero-order valence-corrected chi connectivity index (χ0v) is 11.9. The largest absolute Gasteiger partial charge is 0.484 e. The maximum absolute atomic E-state index is 12.2. The van der Waals surface area contributed by atoms with Crippen molar-refractivity contribution in [3.63, 3.8) is 0 Å². The molecule has 0 spiro atoms. The third-order valence-corrected chi connectivity index (χ3v) is 3.70. The fraction of sp³-hybridized carbons (Fsp3) is 0.333. The van der Waals surface area contributed by atoms with Crippen LogP contribution in [0, 0.1) is 6.92 Å². The molecular formula is C15H18N4O2. The predicted molar refractivity (Wildman–Crippen MR) is 78.8 cm³/mol. The summed E-state index contributed by atoms with van der Waals surface area (Å²) < 4.78 is 5.53. The van der Waals surface area contributed by atoms with Crippen molar-refractivity contribution < 1.29 is 9.53 Å². The molecule has 6 nitrogen and oxygen atoms in total. The van der Waals surface area contributed by atoms with Crippen molar-refractivity contribution in [3.05, 3.63) is 41.1 Å². The van der Waals surface area contributed by atoms with Gasteiger partial charge in [-0.1, -0.05) is 17.7 Å². The number of hydrogen-bond donors (Lipinski definition) is 2. The zero-order valence-electron chi connectivity index (χ0n) is 11.9. The maximum atomic E-state index is 12.2. The highest BCUT2D eigenvalue weighted by Crippen LogP contribution is 2.21. The molecule has 1 amide bonds. The number of aromatic nitrogens is 2. The van der Waals surface area contributed by atoms with Crippen molar-refractivity contribution >= 4 is 11.7 Å². The minimum Gasteiger partial charge on any atom is -0.484 e. The lowest BCUT2D eigenvalue weighted by Gasteiger charge is -2.26. The Morgan fingerprint density at radius 1 is 1.43 bits per heavy atom. The number of fused-ring (bicyclic) bond motifs is 1. The summed E-state index contributed by atoms with van der Waals surface area (Å²) in [4.78, 5) is 13.9. The fourth-order valence-corrected chi connectivity index (χ4v) is 2.43. The molecule has 3 rings (SSSR count). The summed E-state index contributed by atoms with van der Waals surface area (Å²) in [6, 6.07) is 7.65. The van der Waals surface area contributed by atoms with E-state index < -0.39 is 0 Å². The third-order valence-electron chi connectivity index (χ3n) is 3.70. The van der Waals surface area contributed by atoms with E-state index in [9.17, 15) is 4.79 Å². The molecule has 0 aliphatic carbocycles. The fourth-order valence-electron chi connectivity index (χ4n) is 2.43. The van der Waals surface area contributed by atoms with Crippen LogP contribution in [0.1, 0.15) is 16.8 Å². The van der Waals surface area contributed by atoms with Gasteiger partial charge in [0.05, 0.1) is 12.2 Å². The molecule has 2 heterocycles. The number of aromatic amines is 1. The molecule has 3 N–H and O–H groups in total. The van der Waals surface area contributed by atoms with Crippen LogP contribution in [-0.2, 0) is 17.8 Å². The van der Waals surface area contributed by atoms with E-state index in [0.29, 0.717) is 24.7 Å². The van der Waals surface area contributed by atoms with Gasteiger partial charge in [-0.2, -0.15) is 5.10 Å². The average Bonchev–Trinajstić information content (AvgIpc) is 2.87. The number of hydrogen-bond acceptors (Lipinski definition) is 4. The van der Waals surface area contributed by atoms with Gasteiger partial charge in [0, 0.05) is 12.1 Å². The first-order chi connectivity index (χ1) is 10.1. The van der Waals surface area contributed by atoms with Crippen LogP contribution in [0.4, 0.5) is 5.82 Å². The molecular weight excluding hydrogens is 268 g/mol. The molecule has 0 saturated heterocycles. The summed E-state index contributed by atoms with van der Waals surface area (Å²) in [5.41, 5.74) is 8.87. The van der Waals surface area contributed by atoms with Crippen LogP contribution in [0.3, 0.4) is 0 Å². The van der Waals surface area contributed by atoms with Gasteiger partial charge >= 0.3 is 0 Å². The highest BCUT2D eigenvalue weighted by Gasteiger charge is 2.24. The van der Waals surface area contributed by atoms with Crippen molar-refractivity contribution in [1.29, 1.82) is 0 Å². The molecule has 110 valence electrons. The first-order valence-corrected chi connectivity index (χ1v) is 6.92. The topological polar surface area (TPSA) is 84.2 Å². The van der Waals surface area contributed by atoms with Crippen molar-refractivity contribution in [2.75, 3.05) is 18.9 Å². The van der Waals surface area contributed by atoms with E-state index in [-0.39, 0.29) is 12.5 Å². The molecule has 1 aromatic heterocycles. The van der Waals surface area contributed by atoms with Crippen LogP contribution >= 0.6 is 0 Å². The summed E-state index contributed by atoms with van der Waals surface area (Å²) in [5, 5.41) is 6.86. The molecule has 0 saturated carbocycles. The molecule has 0 fully saturated rings. The summed E-state index contributed by atoms with van der Waals surface area (Å²) in [7, 11) is 0. The van der Waals surface area contributed by atoms with E-state index in [4.69, 9.17) is 10.5 Å². The second-order valence-electron chi connectivity index (χ2n) is 5.23. The Kier molecular flexibility index (Phi) is 3.51. The van der Waals surface area contributed by atoms with Crippen LogP contribution in [0.25, 0.3) is 0 Å². The van der Waals surface area contributed by atoms with Gasteiger partial charge in [-0.25, -0.2) is 0 Å². The number of nitrogens with zero attached hydrogens (tertiary/aromatic N) is 2. The molecule has 2 aromatic rings. The Morgan fingerprint density at radius 3 is 2.95 bits per heavy atom. The predicted octanol–water partition coefficient (Wildman–Crippen LogP) is 1.26. The van der Waals surface area contributed by atoms with E-state index in [1.807, 2.05) is 31.2 Å². The number of aryl methyl sites for hydroxylation is 1. The standard InChI is InChI=1S/C15H18N4O2/c1-10-2-4-11(5-3-10)21-9-14(20)19-7-6-12-13(8-19)17-18-15(12)16/h2-5H,6-9H2,1H3,(H3,16,17,18). The van der Waals surface area contributed by atoms with Gasteiger partial charge < -0.3 is 15.4 Å². The van der Waals surface area contributed by atoms with Gasteiger partial charge in [-0.3, -0.25) is 9.89 Å². The Labute approximate surface area is 122 Å². The highest BCUT2D eigenvalue weighted by molar-refractivity contribution is 5.78. The maximum Gasteiger partial charge on any atom is 0.260 e. The number of rotatable bonds is 3.